The molecular weight excluding hydrogens is 466 g/mol. The molecule has 0 aromatic heterocycles. The van der Waals surface area contributed by atoms with E-state index >= 15 is 0 Å². The van der Waals surface area contributed by atoms with Crippen LogP contribution in [0.4, 0.5) is 9.59 Å². The van der Waals surface area contributed by atoms with Crippen molar-refractivity contribution in [2.75, 3.05) is 39.3 Å². The van der Waals surface area contributed by atoms with E-state index in [0.717, 1.165) is 26.1 Å². The summed E-state index contributed by atoms with van der Waals surface area (Å²) in [5.74, 6) is 0. The Bertz CT molecular complexity index is 652. The molecule has 0 bridgehead atoms. The fourth-order valence-corrected chi connectivity index (χ4v) is 4.35. The minimum Gasteiger partial charge on any atom is -0.444 e. The number of hydrogen-bond acceptors (Lipinski definition) is 5. The molecule has 7 heteroatoms. The lowest BCUT2D eigenvalue weighted by Gasteiger charge is -2.29. The molecule has 0 unspecified atom stereocenters. The maximum Gasteiger partial charge on any atom is 0.410 e. The van der Waals surface area contributed by atoms with Gasteiger partial charge in [0.15, 0.2) is 0 Å². The molecule has 1 aliphatic rings. The normalized spacial score (nSPS) is 18.2. The molecule has 7 nitrogen and oxygen atoms in total. The molecule has 0 aliphatic carbocycles. The zero-order valence-electron chi connectivity index (χ0n) is 24.9. The Morgan fingerprint density at radius 1 is 0.757 bits per heavy atom. The number of nitrogens with one attached hydrogen (secondary N) is 1. The third-order valence-electron chi connectivity index (χ3n) is 6.18. The summed E-state index contributed by atoms with van der Waals surface area (Å²) in [5.41, 5.74) is -1.06. The Morgan fingerprint density at radius 2 is 1.27 bits per heavy atom. The molecule has 1 rings (SSSR count). The average molecular weight is 524 g/mol. The summed E-state index contributed by atoms with van der Waals surface area (Å²) in [4.78, 5) is 29.2. The second-order valence-electron chi connectivity index (χ2n) is 12.3. The summed E-state index contributed by atoms with van der Waals surface area (Å²) < 4.78 is 11.0. The highest BCUT2D eigenvalue weighted by atomic mass is 16.6. The van der Waals surface area contributed by atoms with Gasteiger partial charge in [0, 0.05) is 19.6 Å². The van der Waals surface area contributed by atoms with Crippen molar-refractivity contribution in [3.63, 3.8) is 0 Å². The summed E-state index contributed by atoms with van der Waals surface area (Å²) in [5, 5.41) is 2.78. The lowest BCUT2D eigenvalue weighted by atomic mass is 10.1. The van der Waals surface area contributed by atoms with E-state index in [9.17, 15) is 9.59 Å². The highest BCUT2D eigenvalue weighted by molar-refractivity contribution is 5.68. The quantitative estimate of drug-likeness (QED) is 0.267. The van der Waals surface area contributed by atoms with Crippen molar-refractivity contribution >= 4 is 12.2 Å². The number of nitrogens with zero attached hydrogens (tertiary/aromatic N) is 2. The standard InChI is InChI=1S/C30H57N3O4/c1-29(2,3)36-27(34)31-21-19-25-33(28(35)37-30(4,5)6)26-20-24-32-22-17-15-13-11-9-7-8-10-12-14-16-18-23-32/h9,11H,7-8,10,12-26H2,1-6H3,(H,31,34)/b11-9+. The molecule has 0 atom stereocenters. The van der Waals surface area contributed by atoms with Gasteiger partial charge in [0.2, 0.25) is 0 Å². The van der Waals surface area contributed by atoms with Gasteiger partial charge in [-0.25, -0.2) is 9.59 Å². The van der Waals surface area contributed by atoms with Crippen LogP contribution >= 0.6 is 0 Å². The van der Waals surface area contributed by atoms with Crippen molar-refractivity contribution < 1.29 is 19.1 Å². The molecule has 0 saturated heterocycles. The van der Waals surface area contributed by atoms with Gasteiger partial charge in [-0.1, -0.05) is 37.8 Å². The highest BCUT2D eigenvalue weighted by Crippen LogP contribution is 2.13. The molecule has 2 amide bonds. The van der Waals surface area contributed by atoms with Crippen LogP contribution in [0.25, 0.3) is 0 Å². The van der Waals surface area contributed by atoms with Crippen LogP contribution in [0.2, 0.25) is 0 Å². The summed E-state index contributed by atoms with van der Waals surface area (Å²) in [7, 11) is 0. The predicted octanol–water partition coefficient (Wildman–Crippen LogP) is 7.30. The van der Waals surface area contributed by atoms with Gasteiger partial charge in [-0.05, 0) is 113 Å². The molecule has 0 spiro atoms. The maximum absolute atomic E-state index is 12.9. The van der Waals surface area contributed by atoms with E-state index in [1.165, 1.54) is 64.2 Å². The topological polar surface area (TPSA) is 71.1 Å². The molecule has 37 heavy (non-hydrogen) atoms. The smallest absolute Gasteiger partial charge is 0.410 e. The summed E-state index contributed by atoms with van der Waals surface area (Å²) in [6, 6.07) is 0. The van der Waals surface area contributed by atoms with Gasteiger partial charge in [-0.15, -0.1) is 0 Å². The Hall–Kier alpha value is -1.76. The van der Waals surface area contributed by atoms with E-state index in [2.05, 4.69) is 22.4 Å². The molecule has 1 aliphatic heterocycles. The van der Waals surface area contributed by atoms with Crippen molar-refractivity contribution in [2.45, 2.75) is 130 Å². The van der Waals surface area contributed by atoms with Gasteiger partial charge < -0.3 is 24.6 Å². The van der Waals surface area contributed by atoms with E-state index in [1.54, 1.807) is 4.90 Å². The van der Waals surface area contributed by atoms with Gasteiger partial charge >= 0.3 is 12.2 Å². The van der Waals surface area contributed by atoms with Gasteiger partial charge in [-0.2, -0.15) is 0 Å². The first kappa shape index (κ1) is 33.3. The minimum atomic E-state index is -0.536. The second-order valence-corrected chi connectivity index (χ2v) is 12.3. The van der Waals surface area contributed by atoms with E-state index in [-0.39, 0.29) is 6.09 Å². The maximum atomic E-state index is 12.9. The first-order valence-corrected chi connectivity index (χ1v) is 14.8. The monoisotopic (exact) mass is 523 g/mol. The Morgan fingerprint density at radius 3 is 1.89 bits per heavy atom. The van der Waals surface area contributed by atoms with Crippen molar-refractivity contribution in [1.29, 1.82) is 0 Å². The first-order chi connectivity index (χ1) is 17.5. The Labute approximate surface area is 227 Å². The molecule has 216 valence electrons. The van der Waals surface area contributed by atoms with Gasteiger partial charge in [0.1, 0.15) is 11.2 Å². The molecular formula is C30H57N3O4. The van der Waals surface area contributed by atoms with E-state index < -0.39 is 17.3 Å². The number of carbonyl (C=O) groups is 2. The van der Waals surface area contributed by atoms with Crippen LogP contribution in [0.5, 0.6) is 0 Å². The molecule has 1 N–H and O–H groups in total. The molecule has 0 radical (unpaired) electrons. The van der Waals surface area contributed by atoms with Crippen LogP contribution in [-0.4, -0.2) is 72.5 Å². The summed E-state index contributed by atoms with van der Waals surface area (Å²) >= 11 is 0. The molecule has 0 aromatic rings. The third kappa shape index (κ3) is 19.9. The van der Waals surface area contributed by atoms with Crippen LogP contribution in [0.15, 0.2) is 12.2 Å². The minimum absolute atomic E-state index is 0.284. The van der Waals surface area contributed by atoms with Gasteiger partial charge in [-0.3, -0.25) is 0 Å². The van der Waals surface area contributed by atoms with Crippen LogP contribution in [-0.2, 0) is 9.47 Å². The van der Waals surface area contributed by atoms with Gasteiger partial charge in [0.25, 0.3) is 0 Å². The first-order valence-electron chi connectivity index (χ1n) is 14.8. The van der Waals surface area contributed by atoms with Crippen molar-refractivity contribution in [2.24, 2.45) is 0 Å². The van der Waals surface area contributed by atoms with Crippen molar-refractivity contribution in [3.05, 3.63) is 12.2 Å². The van der Waals surface area contributed by atoms with E-state index in [4.69, 9.17) is 9.47 Å². The zero-order chi connectivity index (χ0) is 27.6. The molecule has 0 fully saturated rings. The number of hydrogen-bond donors (Lipinski definition) is 1. The Balaban J connectivity index is 2.56. The molecule has 1 heterocycles. The number of amides is 2. The number of carbonyl (C=O) groups excluding carboxylic acids is 2. The van der Waals surface area contributed by atoms with Gasteiger partial charge in [0.05, 0.1) is 0 Å². The Kier molecular flexibility index (Phi) is 16.6. The van der Waals surface area contributed by atoms with Crippen molar-refractivity contribution in [3.8, 4) is 0 Å². The molecule has 0 aromatic carbocycles. The largest absolute Gasteiger partial charge is 0.444 e. The van der Waals surface area contributed by atoms with Crippen molar-refractivity contribution in [1.82, 2.24) is 15.1 Å². The fraction of sp³-hybridized carbons (Fsp3) is 0.867. The predicted molar refractivity (Wildman–Crippen MR) is 153 cm³/mol. The second kappa shape index (κ2) is 18.5. The highest BCUT2D eigenvalue weighted by Gasteiger charge is 2.22. The van der Waals surface area contributed by atoms with E-state index in [0.29, 0.717) is 26.1 Å². The fourth-order valence-electron chi connectivity index (χ4n) is 4.35. The number of rotatable bonds is 8. The lowest BCUT2D eigenvalue weighted by molar-refractivity contribution is 0.0240. The zero-order valence-corrected chi connectivity index (χ0v) is 24.9. The van der Waals surface area contributed by atoms with Crippen LogP contribution in [0.3, 0.4) is 0 Å². The number of ether oxygens (including phenoxy) is 2. The summed E-state index contributed by atoms with van der Waals surface area (Å²) in [6.45, 7) is 16.1. The third-order valence-corrected chi connectivity index (χ3v) is 6.18. The molecule has 0 saturated carbocycles. The lowest BCUT2D eigenvalue weighted by Crippen LogP contribution is -2.40. The van der Waals surface area contributed by atoms with Crippen LogP contribution < -0.4 is 5.32 Å². The average Bonchev–Trinajstić information content (AvgIpc) is 2.78. The number of allylic oxidation sites excluding steroid dienone is 2. The van der Waals surface area contributed by atoms with Crippen LogP contribution in [0.1, 0.15) is 119 Å². The SMILES string of the molecule is CC(C)(C)OC(=O)NCCCN(CCCN1CCCC/C=C/CCCCCCCC1)C(=O)OC(C)(C)C. The number of alkyl carbamates (subject to hydrolysis) is 1. The van der Waals surface area contributed by atoms with E-state index in [1.807, 2.05) is 41.5 Å². The summed E-state index contributed by atoms with van der Waals surface area (Å²) in [6.07, 6.45) is 18.4. The van der Waals surface area contributed by atoms with Crippen LogP contribution in [0, 0.1) is 0 Å².